The lowest BCUT2D eigenvalue weighted by Gasteiger charge is -2.02. The zero-order chi connectivity index (χ0) is 13.8. The van der Waals surface area contributed by atoms with Gasteiger partial charge in [0.2, 0.25) is 11.8 Å². The van der Waals surface area contributed by atoms with E-state index in [-0.39, 0.29) is 11.9 Å². The Morgan fingerprint density at radius 1 is 1.26 bits per heavy atom. The number of benzene rings is 1. The van der Waals surface area contributed by atoms with Gasteiger partial charge in [0, 0.05) is 10.6 Å². The van der Waals surface area contributed by atoms with Crippen LogP contribution in [0.2, 0.25) is 5.02 Å². The quantitative estimate of drug-likeness (QED) is 0.438. The van der Waals surface area contributed by atoms with Gasteiger partial charge in [0.25, 0.3) is 0 Å². The number of H-pyrrole nitrogens is 1. The van der Waals surface area contributed by atoms with Gasteiger partial charge in [-0.25, -0.2) is 4.99 Å². The molecule has 0 spiro atoms. The predicted octanol–water partition coefficient (Wildman–Crippen LogP) is -0.260. The highest BCUT2D eigenvalue weighted by Gasteiger charge is 2.10. The molecular formula is C9H10ClN9. The van der Waals surface area contributed by atoms with Gasteiger partial charge in [0.1, 0.15) is 0 Å². The molecule has 0 aliphatic heterocycles. The Morgan fingerprint density at radius 2 is 2.05 bits per heavy atom. The van der Waals surface area contributed by atoms with Crippen molar-refractivity contribution >= 4 is 29.2 Å². The van der Waals surface area contributed by atoms with Crippen LogP contribution in [0.15, 0.2) is 28.2 Å². The molecule has 0 unspecified atom stereocenters. The zero-order valence-corrected chi connectivity index (χ0v) is 10.3. The van der Waals surface area contributed by atoms with E-state index < -0.39 is 0 Å². The van der Waals surface area contributed by atoms with Gasteiger partial charge >= 0.3 is 0 Å². The molecule has 1 aromatic carbocycles. The highest BCUT2D eigenvalue weighted by molar-refractivity contribution is 6.31. The second-order valence-electron chi connectivity index (χ2n) is 3.40. The monoisotopic (exact) mass is 279 g/mol. The number of hydrogen-bond donors (Lipinski definition) is 4. The molecule has 0 aliphatic rings. The Bertz CT molecular complexity index is 627. The molecule has 0 atom stereocenters. The lowest BCUT2D eigenvalue weighted by molar-refractivity contribution is 0.881. The van der Waals surface area contributed by atoms with Crippen molar-refractivity contribution in [1.82, 2.24) is 20.6 Å². The Morgan fingerprint density at radius 3 is 2.68 bits per heavy atom. The molecule has 0 bridgehead atoms. The van der Waals surface area contributed by atoms with Gasteiger partial charge in [-0.05, 0) is 23.4 Å². The SMILES string of the molecule is NC(N)=NC(N)=Nc1cc(Cl)ccc1-c1nn[nH]n1. The molecule has 9 nitrogen and oxygen atoms in total. The van der Waals surface area contributed by atoms with E-state index in [2.05, 4.69) is 30.6 Å². The molecule has 19 heavy (non-hydrogen) atoms. The summed E-state index contributed by atoms with van der Waals surface area (Å²) in [7, 11) is 0. The number of aromatic nitrogens is 4. The normalized spacial score (nSPS) is 11.3. The Kier molecular flexibility index (Phi) is 3.57. The molecule has 98 valence electrons. The van der Waals surface area contributed by atoms with Crippen LogP contribution in [0.25, 0.3) is 11.4 Å². The first-order valence-electron chi connectivity index (χ1n) is 5.03. The van der Waals surface area contributed by atoms with Crippen LogP contribution in [0.3, 0.4) is 0 Å². The number of nitrogens with one attached hydrogen (secondary N) is 1. The number of aromatic amines is 1. The summed E-state index contributed by atoms with van der Waals surface area (Å²) >= 11 is 5.91. The smallest absolute Gasteiger partial charge is 0.223 e. The van der Waals surface area contributed by atoms with Crippen LogP contribution in [0.1, 0.15) is 0 Å². The zero-order valence-electron chi connectivity index (χ0n) is 9.58. The molecular weight excluding hydrogens is 270 g/mol. The summed E-state index contributed by atoms with van der Waals surface area (Å²) in [5.74, 6) is 0.0596. The van der Waals surface area contributed by atoms with Crippen LogP contribution >= 0.6 is 11.6 Å². The Labute approximate surface area is 112 Å². The average molecular weight is 280 g/mol. The first-order valence-corrected chi connectivity index (χ1v) is 5.41. The third-order valence-electron chi connectivity index (χ3n) is 2.02. The number of hydrogen-bond acceptors (Lipinski definition) is 4. The van der Waals surface area contributed by atoms with E-state index in [1.165, 1.54) is 0 Å². The number of guanidine groups is 2. The van der Waals surface area contributed by atoms with E-state index in [0.29, 0.717) is 22.1 Å². The lowest BCUT2D eigenvalue weighted by atomic mass is 10.1. The molecule has 2 aromatic rings. The lowest BCUT2D eigenvalue weighted by Crippen LogP contribution is -2.26. The number of nitrogens with zero attached hydrogens (tertiary/aromatic N) is 5. The third kappa shape index (κ3) is 3.16. The number of rotatable bonds is 2. The van der Waals surface area contributed by atoms with Gasteiger partial charge in [-0.2, -0.15) is 10.2 Å². The number of nitrogens with two attached hydrogens (primary N) is 3. The molecule has 0 fully saturated rings. The van der Waals surface area contributed by atoms with Gasteiger partial charge in [-0.15, -0.1) is 10.2 Å². The van der Waals surface area contributed by atoms with Gasteiger partial charge in [-0.3, -0.25) is 0 Å². The fourth-order valence-electron chi connectivity index (χ4n) is 1.34. The van der Waals surface area contributed by atoms with Crippen molar-refractivity contribution in [2.45, 2.75) is 0 Å². The Balaban J connectivity index is 2.50. The number of halogens is 1. The first kappa shape index (κ1) is 12.8. The van der Waals surface area contributed by atoms with Crippen molar-refractivity contribution in [3.05, 3.63) is 23.2 Å². The predicted molar refractivity (Wildman–Crippen MR) is 71.7 cm³/mol. The average Bonchev–Trinajstić information content (AvgIpc) is 2.81. The minimum absolute atomic E-state index is 0.105. The summed E-state index contributed by atoms with van der Waals surface area (Å²) in [6.45, 7) is 0. The van der Waals surface area contributed by atoms with Crippen LogP contribution in [0.4, 0.5) is 5.69 Å². The van der Waals surface area contributed by atoms with Crippen LogP contribution in [-0.4, -0.2) is 32.5 Å². The van der Waals surface area contributed by atoms with E-state index in [0.717, 1.165) is 0 Å². The molecule has 0 amide bonds. The van der Waals surface area contributed by atoms with Crippen molar-refractivity contribution in [2.24, 2.45) is 27.2 Å². The molecule has 1 aromatic heterocycles. The Hall–Kier alpha value is -2.68. The molecule has 10 heteroatoms. The van der Waals surface area contributed by atoms with E-state index in [4.69, 9.17) is 28.8 Å². The third-order valence-corrected chi connectivity index (χ3v) is 2.26. The summed E-state index contributed by atoms with van der Waals surface area (Å²) < 4.78 is 0. The van der Waals surface area contributed by atoms with E-state index in [1.54, 1.807) is 18.2 Å². The van der Waals surface area contributed by atoms with Crippen LogP contribution in [0.5, 0.6) is 0 Å². The van der Waals surface area contributed by atoms with Crippen LogP contribution in [-0.2, 0) is 0 Å². The van der Waals surface area contributed by atoms with E-state index in [1.807, 2.05) is 0 Å². The molecule has 0 saturated carbocycles. The van der Waals surface area contributed by atoms with Crippen molar-refractivity contribution in [3.8, 4) is 11.4 Å². The molecule has 0 saturated heterocycles. The molecule has 1 heterocycles. The molecule has 0 radical (unpaired) electrons. The second-order valence-corrected chi connectivity index (χ2v) is 3.84. The van der Waals surface area contributed by atoms with E-state index >= 15 is 0 Å². The maximum Gasteiger partial charge on any atom is 0.223 e. The van der Waals surface area contributed by atoms with Gasteiger partial charge < -0.3 is 17.2 Å². The van der Waals surface area contributed by atoms with Gasteiger partial charge in [0.05, 0.1) is 5.69 Å². The molecule has 0 aliphatic carbocycles. The largest absolute Gasteiger partial charge is 0.370 e. The highest BCUT2D eigenvalue weighted by Crippen LogP contribution is 2.30. The molecule has 7 N–H and O–H groups in total. The fourth-order valence-corrected chi connectivity index (χ4v) is 1.51. The standard InChI is InChI=1S/C9H10ClN9/c10-4-1-2-5(7-16-18-19-17-7)6(3-4)14-9(13)15-8(11)12/h1-3H,(H,16,17,18,19)(H6,11,12,13,14,15). The summed E-state index contributed by atoms with van der Waals surface area (Å²) in [5.41, 5.74) is 17.0. The highest BCUT2D eigenvalue weighted by atomic mass is 35.5. The van der Waals surface area contributed by atoms with Crippen molar-refractivity contribution in [3.63, 3.8) is 0 Å². The topological polar surface area (TPSA) is 157 Å². The number of aliphatic imine (C=N–C) groups is 2. The maximum absolute atomic E-state index is 5.91. The first-order chi connectivity index (χ1) is 9.06. The van der Waals surface area contributed by atoms with Crippen LogP contribution in [0, 0.1) is 0 Å². The summed E-state index contributed by atoms with van der Waals surface area (Å²) in [4.78, 5) is 7.67. The van der Waals surface area contributed by atoms with Gasteiger partial charge in [0.15, 0.2) is 5.96 Å². The summed E-state index contributed by atoms with van der Waals surface area (Å²) in [6.07, 6.45) is 0. The molecule has 2 rings (SSSR count). The number of tetrazole rings is 1. The summed E-state index contributed by atoms with van der Waals surface area (Å²) in [5, 5.41) is 14.0. The second kappa shape index (κ2) is 5.31. The fraction of sp³-hybridized carbons (Fsp3) is 0. The van der Waals surface area contributed by atoms with Gasteiger partial charge in [-0.1, -0.05) is 11.6 Å². The summed E-state index contributed by atoms with van der Waals surface area (Å²) in [6, 6.07) is 4.94. The van der Waals surface area contributed by atoms with Crippen molar-refractivity contribution in [1.29, 1.82) is 0 Å². The minimum Gasteiger partial charge on any atom is -0.370 e. The van der Waals surface area contributed by atoms with Crippen molar-refractivity contribution in [2.75, 3.05) is 0 Å². The van der Waals surface area contributed by atoms with Crippen LogP contribution < -0.4 is 17.2 Å². The minimum atomic E-state index is -0.190. The maximum atomic E-state index is 5.91. The van der Waals surface area contributed by atoms with E-state index in [9.17, 15) is 0 Å². The van der Waals surface area contributed by atoms with Crippen molar-refractivity contribution < 1.29 is 0 Å².